The zero-order chi connectivity index (χ0) is 11.6. The van der Waals surface area contributed by atoms with Crippen molar-refractivity contribution in [3.63, 3.8) is 0 Å². The Hall–Kier alpha value is -0.890. The summed E-state index contributed by atoms with van der Waals surface area (Å²) in [4.78, 5) is 0. The van der Waals surface area contributed by atoms with Gasteiger partial charge in [-0.3, -0.25) is 0 Å². The predicted molar refractivity (Wildman–Crippen MR) is 62.6 cm³/mol. The highest BCUT2D eigenvalue weighted by Crippen LogP contribution is 2.28. The minimum atomic E-state index is -1.11. The highest BCUT2D eigenvalue weighted by Gasteiger charge is 2.26. The first-order valence-electron chi connectivity index (χ1n) is 5.35. The molecule has 0 radical (unpaired) electrons. The lowest BCUT2D eigenvalue weighted by atomic mass is 9.92. The van der Waals surface area contributed by atoms with E-state index in [0.29, 0.717) is 11.5 Å². The van der Waals surface area contributed by atoms with E-state index >= 15 is 0 Å². The zero-order valence-electron chi connectivity index (χ0n) is 9.92. The van der Waals surface area contributed by atoms with Crippen LogP contribution in [0.3, 0.4) is 0 Å². The average Bonchev–Trinajstić information content (AvgIpc) is 2.15. The number of rotatable bonds is 3. The lowest BCUT2D eigenvalue weighted by molar-refractivity contribution is 0.223. The fourth-order valence-corrected chi connectivity index (χ4v) is 1.48. The van der Waals surface area contributed by atoms with Crippen LogP contribution in [0.25, 0.3) is 0 Å². The van der Waals surface area contributed by atoms with Gasteiger partial charge in [-0.05, 0) is 30.9 Å². The van der Waals surface area contributed by atoms with E-state index in [-0.39, 0.29) is 0 Å². The first kappa shape index (κ1) is 12.2. The molecule has 0 aromatic heterocycles. The summed E-state index contributed by atoms with van der Waals surface area (Å²) in [6.07, 6.45) is -1.11. The van der Waals surface area contributed by atoms with Crippen molar-refractivity contribution in [3.8, 4) is 0 Å². The van der Waals surface area contributed by atoms with E-state index in [0.717, 1.165) is 0 Å². The van der Waals surface area contributed by atoms with Crippen molar-refractivity contribution in [2.45, 2.75) is 45.3 Å². The summed E-state index contributed by atoms with van der Waals surface area (Å²) in [6, 6.07) is 7.60. The third-order valence-corrected chi connectivity index (χ3v) is 2.55. The van der Waals surface area contributed by atoms with E-state index in [1.54, 1.807) is 13.8 Å². The second-order valence-electron chi connectivity index (χ2n) is 5.01. The molecule has 0 amide bonds. The van der Waals surface area contributed by atoms with Crippen molar-refractivity contribution in [1.82, 2.24) is 0 Å². The van der Waals surface area contributed by atoms with Gasteiger partial charge in [-0.1, -0.05) is 38.1 Å². The molecule has 0 saturated carbocycles. The summed E-state index contributed by atoms with van der Waals surface area (Å²) in [5.74, 6) is 0.475. The number of halogens is 1. The maximum Gasteiger partial charge on any atom is 0.142 e. The van der Waals surface area contributed by atoms with Gasteiger partial charge in [0.15, 0.2) is 0 Å². The summed E-state index contributed by atoms with van der Waals surface area (Å²) in [5.41, 5.74) is 6.80. The standard InChI is InChI=1S/C13H20FN/c1-9(2)10-5-7-11(8-6-10)12(14)13(3,4)15/h5-9,12H,15H2,1-4H3. The van der Waals surface area contributed by atoms with Crippen LogP contribution in [0.2, 0.25) is 0 Å². The van der Waals surface area contributed by atoms with E-state index < -0.39 is 11.7 Å². The molecular weight excluding hydrogens is 189 g/mol. The monoisotopic (exact) mass is 209 g/mol. The molecule has 0 aliphatic carbocycles. The Balaban J connectivity index is 2.89. The number of benzene rings is 1. The first-order valence-corrected chi connectivity index (χ1v) is 5.35. The van der Waals surface area contributed by atoms with Crippen molar-refractivity contribution in [2.75, 3.05) is 0 Å². The summed E-state index contributed by atoms with van der Waals surface area (Å²) in [5, 5.41) is 0. The Morgan fingerprint density at radius 1 is 1.07 bits per heavy atom. The molecule has 15 heavy (non-hydrogen) atoms. The summed E-state index contributed by atoms with van der Waals surface area (Å²) < 4.78 is 13.8. The maximum absolute atomic E-state index is 13.8. The lowest BCUT2D eigenvalue weighted by Gasteiger charge is -2.24. The number of alkyl halides is 1. The first-order chi connectivity index (χ1) is 6.82. The smallest absolute Gasteiger partial charge is 0.142 e. The van der Waals surface area contributed by atoms with Crippen LogP contribution in [0.1, 0.15) is 50.9 Å². The van der Waals surface area contributed by atoms with Crippen LogP contribution in [-0.2, 0) is 0 Å². The van der Waals surface area contributed by atoms with Crippen LogP contribution in [0.15, 0.2) is 24.3 Å². The summed E-state index contributed by atoms with van der Waals surface area (Å²) >= 11 is 0. The van der Waals surface area contributed by atoms with Crippen molar-refractivity contribution in [1.29, 1.82) is 0 Å². The van der Waals surface area contributed by atoms with Gasteiger partial charge in [0.1, 0.15) is 6.17 Å². The van der Waals surface area contributed by atoms with E-state index in [4.69, 9.17) is 5.73 Å². The molecule has 0 fully saturated rings. The predicted octanol–water partition coefficient (Wildman–Crippen LogP) is 3.56. The largest absolute Gasteiger partial charge is 0.323 e. The molecule has 1 aromatic rings. The van der Waals surface area contributed by atoms with Gasteiger partial charge < -0.3 is 5.73 Å². The fourth-order valence-electron chi connectivity index (χ4n) is 1.48. The van der Waals surface area contributed by atoms with Crippen molar-refractivity contribution < 1.29 is 4.39 Å². The third-order valence-electron chi connectivity index (χ3n) is 2.55. The molecule has 0 spiro atoms. The third kappa shape index (κ3) is 3.03. The minimum Gasteiger partial charge on any atom is -0.323 e. The molecule has 0 aliphatic heterocycles. The Bertz CT molecular complexity index is 308. The second kappa shape index (κ2) is 4.31. The van der Waals surface area contributed by atoms with Gasteiger partial charge in [0, 0.05) is 5.54 Å². The van der Waals surface area contributed by atoms with E-state index in [9.17, 15) is 4.39 Å². The van der Waals surface area contributed by atoms with Gasteiger partial charge >= 0.3 is 0 Å². The van der Waals surface area contributed by atoms with E-state index in [1.807, 2.05) is 24.3 Å². The van der Waals surface area contributed by atoms with E-state index in [2.05, 4.69) is 13.8 Å². The SMILES string of the molecule is CC(C)c1ccc(C(F)C(C)(C)N)cc1. The molecule has 0 saturated heterocycles. The summed E-state index contributed by atoms with van der Waals surface area (Å²) in [6.45, 7) is 7.64. The fraction of sp³-hybridized carbons (Fsp3) is 0.538. The highest BCUT2D eigenvalue weighted by atomic mass is 19.1. The molecule has 0 bridgehead atoms. The molecule has 0 heterocycles. The summed E-state index contributed by atoms with van der Waals surface area (Å²) in [7, 11) is 0. The van der Waals surface area contributed by atoms with Crippen LogP contribution in [0.5, 0.6) is 0 Å². The molecule has 1 rings (SSSR count). The molecule has 1 atom stereocenters. The minimum absolute atomic E-state index is 0.475. The van der Waals surface area contributed by atoms with Crippen LogP contribution < -0.4 is 5.73 Å². The number of nitrogens with two attached hydrogens (primary N) is 1. The lowest BCUT2D eigenvalue weighted by Crippen LogP contribution is -2.37. The number of hydrogen-bond donors (Lipinski definition) is 1. The molecule has 2 N–H and O–H groups in total. The molecule has 1 nitrogen and oxygen atoms in total. The number of hydrogen-bond acceptors (Lipinski definition) is 1. The van der Waals surface area contributed by atoms with Crippen LogP contribution >= 0.6 is 0 Å². The van der Waals surface area contributed by atoms with Gasteiger partial charge in [-0.25, -0.2) is 4.39 Å². The van der Waals surface area contributed by atoms with Crippen LogP contribution in [0, 0.1) is 0 Å². The van der Waals surface area contributed by atoms with Crippen molar-refractivity contribution in [3.05, 3.63) is 35.4 Å². The Morgan fingerprint density at radius 2 is 1.47 bits per heavy atom. The molecule has 1 aromatic carbocycles. The van der Waals surface area contributed by atoms with E-state index in [1.165, 1.54) is 5.56 Å². The van der Waals surface area contributed by atoms with Gasteiger partial charge in [-0.15, -0.1) is 0 Å². The molecule has 2 heteroatoms. The molecule has 0 aliphatic rings. The van der Waals surface area contributed by atoms with Gasteiger partial charge in [0.05, 0.1) is 0 Å². The van der Waals surface area contributed by atoms with Crippen molar-refractivity contribution in [2.24, 2.45) is 5.73 Å². The average molecular weight is 209 g/mol. The quantitative estimate of drug-likeness (QED) is 0.809. The normalized spacial score (nSPS) is 14.3. The van der Waals surface area contributed by atoms with Gasteiger partial charge in [-0.2, -0.15) is 0 Å². The van der Waals surface area contributed by atoms with Crippen LogP contribution in [0.4, 0.5) is 4.39 Å². The van der Waals surface area contributed by atoms with Crippen molar-refractivity contribution >= 4 is 0 Å². The van der Waals surface area contributed by atoms with Gasteiger partial charge in [0.25, 0.3) is 0 Å². The maximum atomic E-state index is 13.8. The molecular formula is C13H20FN. The Morgan fingerprint density at radius 3 is 1.80 bits per heavy atom. The second-order valence-corrected chi connectivity index (χ2v) is 5.01. The highest BCUT2D eigenvalue weighted by molar-refractivity contribution is 5.27. The Kier molecular flexibility index (Phi) is 3.50. The van der Waals surface area contributed by atoms with Crippen LogP contribution in [-0.4, -0.2) is 5.54 Å². The Labute approximate surface area is 91.5 Å². The molecule has 84 valence electrons. The zero-order valence-corrected chi connectivity index (χ0v) is 9.92. The topological polar surface area (TPSA) is 26.0 Å². The molecule has 1 unspecified atom stereocenters. The van der Waals surface area contributed by atoms with Gasteiger partial charge in [0.2, 0.25) is 0 Å².